The van der Waals surface area contributed by atoms with E-state index in [1.165, 1.54) is 0 Å². The van der Waals surface area contributed by atoms with Crippen molar-refractivity contribution in [3.8, 4) is 0 Å². The fourth-order valence-corrected chi connectivity index (χ4v) is 0.553. The zero-order valence-corrected chi connectivity index (χ0v) is 7.13. The molecule has 1 N–H and O–H groups in total. The smallest absolute Gasteiger partial charge is 0.0803 e. The predicted octanol–water partition coefficient (Wildman–Crippen LogP) is 1.57. The average Bonchev–Trinajstić information content (AvgIpc) is 1.88. The van der Waals surface area contributed by atoms with E-state index in [0.717, 1.165) is 19.4 Å². The van der Waals surface area contributed by atoms with Crippen molar-refractivity contribution in [2.24, 2.45) is 0 Å². The van der Waals surface area contributed by atoms with E-state index in [0.29, 0.717) is 0 Å². The highest BCUT2D eigenvalue weighted by Crippen LogP contribution is 1.99. The molecule has 0 aromatic heterocycles. The van der Waals surface area contributed by atoms with Crippen LogP contribution in [0.5, 0.6) is 0 Å². The second kappa shape index (κ2) is 5.69. The molecule has 0 radical (unpaired) electrons. The lowest BCUT2D eigenvalue weighted by atomic mass is 10.2. The van der Waals surface area contributed by atoms with Gasteiger partial charge in [0.05, 0.1) is 12.2 Å². The van der Waals surface area contributed by atoms with E-state index in [1.54, 1.807) is 6.92 Å². The molecule has 0 heterocycles. The van der Waals surface area contributed by atoms with Crippen LogP contribution in [0.3, 0.4) is 0 Å². The van der Waals surface area contributed by atoms with E-state index in [4.69, 9.17) is 9.84 Å². The van der Waals surface area contributed by atoms with Crippen LogP contribution in [0.1, 0.15) is 33.6 Å². The van der Waals surface area contributed by atoms with Crippen molar-refractivity contribution in [2.75, 3.05) is 6.61 Å². The minimum atomic E-state index is -0.350. The molecule has 0 aromatic carbocycles. The molecule has 0 aliphatic heterocycles. The number of unbranched alkanes of at least 4 members (excludes halogenated alkanes) is 1. The molecular weight excluding hydrogens is 128 g/mol. The Kier molecular flexibility index (Phi) is 5.64. The third kappa shape index (κ3) is 4.77. The summed E-state index contributed by atoms with van der Waals surface area (Å²) in [5.74, 6) is 0. The zero-order valence-electron chi connectivity index (χ0n) is 7.13. The van der Waals surface area contributed by atoms with Gasteiger partial charge in [0, 0.05) is 6.61 Å². The Hall–Kier alpha value is -0.0800. The van der Waals surface area contributed by atoms with E-state index in [9.17, 15) is 0 Å². The van der Waals surface area contributed by atoms with E-state index in [-0.39, 0.29) is 12.2 Å². The van der Waals surface area contributed by atoms with Gasteiger partial charge >= 0.3 is 0 Å². The van der Waals surface area contributed by atoms with Crippen molar-refractivity contribution >= 4 is 0 Å². The lowest BCUT2D eigenvalue weighted by Gasteiger charge is -2.14. The van der Waals surface area contributed by atoms with Crippen LogP contribution in [0.2, 0.25) is 0 Å². The molecule has 0 aliphatic rings. The fraction of sp³-hybridized carbons (Fsp3) is 1.00. The van der Waals surface area contributed by atoms with Gasteiger partial charge in [-0.05, 0) is 20.3 Å². The highest BCUT2D eigenvalue weighted by Gasteiger charge is 2.06. The Morgan fingerprint density at radius 1 is 1.40 bits per heavy atom. The second-order valence-electron chi connectivity index (χ2n) is 2.67. The molecular formula is C8H18O2. The first-order valence-electron chi connectivity index (χ1n) is 3.98. The van der Waals surface area contributed by atoms with Crippen molar-refractivity contribution in [3.63, 3.8) is 0 Å². The summed E-state index contributed by atoms with van der Waals surface area (Å²) >= 11 is 0. The maximum absolute atomic E-state index is 9.00. The van der Waals surface area contributed by atoms with Gasteiger partial charge in [0.1, 0.15) is 0 Å². The predicted molar refractivity (Wildman–Crippen MR) is 42.0 cm³/mol. The van der Waals surface area contributed by atoms with Gasteiger partial charge < -0.3 is 9.84 Å². The van der Waals surface area contributed by atoms with Gasteiger partial charge in [-0.1, -0.05) is 13.3 Å². The summed E-state index contributed by atoms with van der Waals surface area (Å²) in [6, 6.07) is 0. The fourth-order valence-electron chi connectivity index (χ4n) is 0.553. The first-order valence-corrected chi connectivity index (χ1v) is 3.98. The van der Waals surface area contributed by atoms with Crippen molar-refractivity contribution < 1.29 is 9.84 Å². The first kappa shape index (κ1) is 9.92. The molecule has 0 aromatic rings. The highest BCUT2D eigenvalue weighted by atomic mass is 16.5. The molecule has 0 rings (SSSR count). The minimum absolute atomic E-state index is 0.0217. The van der Waals surface area contributed by atoms with Crippen molar-refractivity contribution in [3.05, 3.63) is 0 Å². The molecule has 2 atom stereocenters. The van der Waals surface area contributed by atoms with Crippen LogP contribution in [0.25, 0.3) is 0 Å². The maximum Gasteiger partial charge on any atom is 0.0803 e. The Morgan fingerprint density at radius 3 is 2.40 bits per heavy atom. The van der Waals surface area contributed by atoms with Crippen LogP contribution in [0.4, 0.5) is 0 Å². The minimum Gasteiger partial charge on any atom is -0.391 e. The number of hydrogen-bond acceptors (Lipinski definition) is 2. The van der Waals surface area contributed by atoms with Crippen LogP contribution in [0.15, 0.2) is 0 Å². The standard InChI is InChI=1S/C8H18O2/c1-4-5-6-10-8(3)7(2)9/h7-9H,4-6H2,1-3H3/t7-,8+/m0/s1. The lowest BCUT2D eigenvalue weighted by Crippen LogP contribution is -2.22. The van der Waals surface area contributed by atoms with Crippen LogP contribution in [-0.4, -0.2) is 23.9 Å². The molecule has 62 valence electrons. The number of hydrogen-bond donors (Lipinski definition) is 1. The number of rotatable bonds is 5. The molecule has 0 amide bonds. The Labute approximate surface area is 63.2 Å². The summed E-state index contributed by atoms with van der Waals surface area (Å²) in [6.07, 6.45) is 1.85. The lowest BCUT2D eigenvalue weighted by molar-refractivity contribution is -0.0190. The van der Waals surface area contributed by atoms with Crippen LogP contribution >= 0.6 is 0 Å². The van der Waals surface area contributed by atoms with E-state index in [1.807, 2.05) is 6.92 Å². The number of aliphatic hydroxyl groups excluding tert-OH is 1. The summed E-state index contributed by atoms with van der Waals surface area (Å²) in [6.45, 7) is 6.52. The topological polar surface area (TPSA) is 29.5 Å². The number of ether oxygens (including phenoxy) is 1. The summed E-state index contributed by atoms with van der Waals surface area (Å²) in [7, 11) is 0. The molecule has 0 bridgehead atoms. The van der Waals surface area contributed by atoms with E-state index >= 15 is 0 Å². The van der Waals surface area contributed by atoms with Crippen LogP contribution < -0.4 is 0 Å². The van der Waals surface area contributed by atoms with Crippen LogP contribution in [0, 0.1) is 0 Å². The van der Waals surface area contributed by atoms with E-state index in [2.05, 4.69) is 6.92 Å². The molecule has 0 fully saturated rings. The summed E-state index contributed by atoms with van der Waals surface area (Å²) in [4.78, 5) is 0. The molecule has 0 saturated heterocycles. The Morgan fingerprint density at radius 2 is 2.00 bits per heavy atom. The van der Waals surface area contributed by atoms with Gasteiger partial charge in [0.25, 0.3) is 0 Å². The quantitative estimate of drug-likeness (QED) is 0.597. The zero-order chi connectivity index (χ0) is 7.98. The normalized spacial score (nSPS) is 16.8. The Bertz CT molecular complexity index is 71.7. The van der Waals surface area contributed by atoms with Gasteiger partial charge in [-0.2, -0.15) is 0 Å². The molecule has 0 spiro atoms. The second-order valence-corrected chi connectivity index (χ2v) is 2.67. The van der Waals surface area contributed by atoms with Crippen LogP contribution in [-0.2, 0) is 4.74 Å². The van der Waals surface area contributed by atoms with E-state index < -0.39 is 0 Å². The monoisotopic (exact) mass is 146 g/mol. The largest absolute Gasteiger partial charge is 0.391 e. The molecule has 0 saturated carbocycles. The third-order valence-electron chi connectivity index (χ3n) is 1.56. The first-order chi connectivity index (χ1) is 4.68. The molecule has 0 unspecified atom stereocenters. The Balaban J connectivity index is 3.13. The molecule has 10 heavy (non-hydrogen) atoms. The number of aliphatic hydroxyl groups is 1. The van der Waals surface area contributed by atoms with Gasteiger partial charge in [-0.15, -0.1) is 0 Å². The maximum atomic E-state index is 9.00. The van der Waals surface area contributed by atoms with Gasteiger partial charge in [0.2, 0.25) is 0 Å². The van der Waals surface area contributed by atoms with Gasteiger partial charge in [0.15, 0.2) is 0 Å². The highest BCUT2D eigenvalue weighted by molar-refractivity contribution is 4.56. The summed E-state index contributed by atoms with van der Waals surface area (Å²) in [5, 5.41) is 9.00. The van der Waals surface area contributed by atoms with Gasteiger partial charge in [-0.3, -0.25) is 0 Å². The summed E-state index contributed by atoms with van der Waals surface area (Å²) < 4.78 is 5.29. The third-order valence-corrected chi connectivity index (χ3v) is 1.56. The average molecular weight is 146 g/mol. The van der Waals surface area contributed by atoms with Crippen molar-refractivity contribution in [1.29, 1.82) is 0 Å². The summed E-state index contributed by atoms with van der Waals surface area (Å²) in [5.41, 5.74) is 0. The van der Waals surface area contributed by atoms with Crippen molar-refractivity contribution in [1.82, 2.24) is 0 Å². The molecule has 2 nitrogen and oxygen atoms in total. The molecule has 2 heteroatoms. The SMILES string of the molecule is CCCCO[C@H](C)[C@H](C)O. The molecule has 0 aliphatic carbocycles. The van der Waals surface area contributed by atoms with Gasteiger partial charge in [-0.25, -0.2) is 0 Å². The van der Waals surface area contributed by atoms with Crippen molar-refractivity contribution in [2.45, 2.75) is 45.8 Å².